The molecular formula is C19H15N5O5S. The molecule has 1 amide bonds. The van der Waals surface area contributed by atoms with Crippen molar-refractivity contribution in [1.82, 2.24) is 20.2 Å². The van der Waals surface area contributed by atoms with Crippen LogP contribution in [0.2, 0.25) is 0 Å². The highest BCUT2D eigenvalue weighted by Gasteiger charge is 2.20. The molecular weight excluding hydrogens is 410 g/mol. The van der Waals surface area contributed by atoms with E-state index in [1.165, 1.54) is 41.6 Å². The first-order valence-corrected chi connectivity index (χ1v) is 9.70. The lowest BCUT2D eigenvalue weighted by Crippen LogP contribution is -2.20. The van der Waals surface area contributed by atoms with Gasteiger partial charge in [0, 0.05) is 11.8 Å². The van der Waals surface area contributed by atoms with E-state index in [4.69, 9.17) is 4.42 Å². The first-order chi connectivity index (χ1) is 14.5. The van der Waals surface area contributed by atoms with Gasteiger partial charge in [0.1, 0.15) is 11.9 Å². The van der Waals surface area contributed by atoms with Gasteiger partial charge < -0.3 is 14.5 Å². The Balaban J connectivity index is 1.56. The van der Waals surface area contributed by atoms with Gasteiger partial charge in [-0.05, 0) is 51.0 Å². The molecule has 30 heavy (non-hydrogen) atoms. The van der Waals surface area contributed by atoms with Gasteiger partial charge in [0.15, 0.2) is 5.43 Å². The number of hydrogen-bond acceptors (Lipinski definition) is 9. The molecule has 0 aliphatic heterocycles. The van der Waals surface area contributed by atoms with Crippen molar-refractivity contribution in [3.8, 4) is 0 Å². The monoisotopic (exact) mass is 425 g/mol. The summed E-state index contributed by atoms with van der Waals surface area (Å²) in [5.74, 6) is -1.21. The third-order valence-electron chi connectivity index (χ3n) is 4.39. The van der Waals surface area contributed by atoms with Crippen molar-refractivity contribution < 1.29 is 18.7 Å². The Labute approximate surface area is 173 Å². The van der Waals surface area contributed by atoms with Crippen LogP contribution in [0.5, 0.6) is 0 Å². The predicted octanol–water partition coefficient (Wildman–Crippen LogP) is 2.25. The summed E-state index contributed by atoms with van der Waals surface area (Å²) < 4.78 is 11.5. The van der Waals surface area contributed by atoms with E-state index >= 15 is 0 Å². The van der Waals surface area contributed by atoms with Crippen molar-refractivity contribution in [2.45, 2.75) is 12.5 Å². The largest absolute Gasteiger partial charge is 0.463 e. The number of rotatable bonds is 6. The Kier molecular flexibility index (Phi) is 5.35. The van der Waals surface area contributed by atoms with Crippen molar-refractivity contribution in [1.29, 1.82) is 0 Å². The third-order valence-corrected chi connectivity index (χ3v) is 5.09. The van der Waals surface area contributed by atoms with Crippen molar-refractivity contribution in [3.05, 3.63) is 69.0 Å². The lowest BCUT2D eigenvalue weighted by Gasteiger charge is -2.15. The van der Waals surface area contributed by atoms with Crippen LogP contribution < -0.4 is 10.7 Å². The highest BCUT2D eigenvalue weighted by molar-refractivity contribution is 7.08. The maximum Gasteiger partial charge on any atom is 0.374 e. The standard InChI is InChI=1S/C19H15N5O5S/c1-28-19(27)17-8-15(25)13-6-12(2-3-16(13)29-17)21-18(26)7-14(11-4-5-30-9-11)24-10-20-22-23-24/h2-6,8-10,14H,7H2,1H3,(H,21,26)/t14-/m1/s1. The summed E-state index contributed by atoms with van der Waals surface area (Å²) in [4.78, 5) is 36.6. The molecule has 0 saturated heterocycles. The van der Waals surface area contributed by atoms with Gasteiger partial charge in [-0.15, -0.1) is 5.10 Å². The van der Waals surface area contributed by atoms with Crippen LogP contribution in [-0.2, 0) is 9.53 Å². The van der Waals surface area contributed by atoms with Crippen LogP contribution in [-0.4, -0.2) is 39.2 Å². The smallest absolute Gasteiger partial charge is 0.374 e. The predicted molar refractivity (Wildman–Crippen MR) is 107 cm³/mol. The van der Waals surface area contributed by atoms with Crippen molar-refractivity contribution >= 4 is 39.9 Å². The molecule has 152 valence electrons. The summed E-state index contributed by atoms with van der Waals surface area (Å²) in [5.41, 5.74) is 1.13. The first-order valence-electron chi connectivity index (χ1n) is 8.76. The quantitative estimate of drug-likeness (QED) is 0.466. The highest BCUT2D eigenvalue weighted by Crippen LogP contribution is 2.24. The Hall–Kier alpha value is -3.86. The van der Waals surface area contributed by atoms with E-state index in [1.807, 2.05) is 16.8 Å². The number of aromatic nitrogens is 4. The molecule has 0 aliphatic carbocycles. The Morgan fingerprint density at radius 2 is 2.17 bits per heavy atom. The number of anilines is 1. The second-order valence-corrected chi connectivity index (χ2v) is 7.07. The van der Waals surface area contributed by atoms with Crippen LogP contribution in [0.15, 0.2) is 56.6 Å². The molecule has 1 aromatic carbocycles. The SMILES string of the molecule is COC(=O)c1cc(=O)c2cc(NC(=O)C[C@H](c3ccsc3)n3cnnn3)ccc2o1. The van der Waals surface area contributed by atoms with Gasteiger partial charge in [-0.2, -0.15) is 11.3 Å². The third kappa shape index (κ3) is 3.96. The number of ether oxygens (including phenoxy) is 1. The molecule has 0 saturated carbocycles. The van der Waals surface area contributed by atoms with Crippen LogP contribution in [0.1, 0.15) is 28.6 Å². The van der Waals surface area contributed by atoms with Crippen molar-refractivity contribution in [3.63, 3.8) is 0 Å². The van der Waals surface area contributed by atoms with E-state index in [1.54, 1.807) is 6.07 Å². The molecule has 3 heterocycles. The second-order valence-electron chi connectivity index (χ2n) is 6.29. The van der Waals surface area contributed by atoms with Crippen LogP contribution >= 0.6 is 11.3 Å². The molecule has 3 aromatic heterocycles. The summed E-state index contributed by atoms with van der Waals surface area (Å²) in [6.07, 6.45) is 1.55. The zero-order valence-corrected chi connectivity index (χ0v) is 16.5. The van der Waals surface area contributed by atoms with Crippen LogP contribution in [0.3, 0.4) is 0 Å². The minimum Gasteiger partial charge on any atom is -0.463 e. The molecule has 1 N–H and O–H groups in total. The number of benzene rings is 1. The number of methoxy groups -OCH3 is 1. The number of nitrogens with zero attached hydrogens (tertiary/aromatic N) is 4. The maximum atomic E-state index is 12.7. The zero-order valence-electron chi connectivity index (χ0n) is 15.6. The fraction of sp³-hybridized carbons (Fsp3) is 0.158. The number of thiophene rings is 1. The molecule has 4 aromatic rings. The maximum absolute atomic E-state index is 12.7. The second kappa shape index (κ2) is 8.25. The summed E-state index contributed by atoms with van der Waals surface area (Å²) in [7, 11) is 1.20. The molecule has 4 rings (SSSR count). The number of fused-ring (bicyclic) bond motifs is 1. The number of carbonyl (C=O) groups is 2. The lowest BCUT2D eigenvalue weighted by atomic mass is 10.1. The topological polar surface area (TPSA) is 129 Å². The lowest BCUT2D eigenvalue weighted by molar-refractivity contribution is -0.116. The van der Waals surface area contributed by atoms with E-state index < -0.39 is 11.4 Å². The van der Waals surface area contributed by atoms with Gasteiger partial charge in [-0.3, -0.25) is 9.59 Å². The molecule has 10 nitrogen and oxygen atoms in total. The van der Waals surface area contributed by atoms with Gasteiger partial charge in [0.05, 0.1) is 25.0 Å². The van der Waals surface area contributed by atoms with E-state index in [0.29, 0.717) is 5.69 Å². The van der Waals surface area contributed by atoms with Crippen molar-refractivity contribution in [2.75, 3.05) is 12.4 Å². The van der Waals surface area contributed by atoms with Gasteiger partial charge in [0.2, 0.25) is 11.7 Å². The molecule has 0 spiro atoms. The summed E-state index contributed by atoms with van der Waals surface area (Å²) in [6, 6.07) is 7.20. The van der Waals surface area contributed by atoms with Gasteiger partial charge in [-0.1, -0.05) is 0 Å². The van der Waals surface area contributed by atoms with Crippen LogP contribution in [0.4, 0.5) is 5.69 Å². The molecule has 0 radical (unpaired) electrons. The number of amides is 1. The average molecular weight is 425 g/mol. The summed E-state index contributed by atoms with van der Waals surface area (Å²) >= 11 is 1.51. The number of hydrogen-bond donors (Lipinski definition) is 1. The number of esters is 1. The first kappa shape index (κ1) is 19.5. The van der Waals surface area contributed by atoms with Gasteiger partial charge in [0.25, 0.3) is 0 Å². The van der Waals surface area contributed by atoms with Gasteiger partial charge >= 0.3 is 5.97 Å². The van der Waals surface area contributed by atoms with E-state index in [2.05, 4.69) is 25.6 Å². The Morgan fingerprint density at radius 3 is 2.87 bits per heavy atom. The Morgan fingerprint density at radius 1 is 1.30 bits per heavy atom. The van der Waals surface area contributed by atoms with Gasteiger partial charge in [-0.25, -0.2) is 9.48 Å². The fourth-order valence-electron chi connectivity index (χ4n) is 2.96. The average Bonchev–Trinajstić information content (AvgIpc) is 3.46. The Bertz CT molecular complexity index is 1220. The molecule has 11 heteroatoms. The normalized spacial score (nSPS) is 11.9. The fourth-order valence-corrected chi connectivity index (χ4v) is 3.67. The minimum atomic E-state index is -0.742. The number of tetrazole rings is 1. The minimum absolute atomic E-state index is 0.0930. The van der Waals surface area contributed by atoms with Crippen molar-refractivity contribution in [2.24, 2.45) is 0 Å². The molecule has 0 bridgehead atoms. The van der Waals surface area contributed by atoms with E-state index in [-0.39, 0.29) is 35.1 Å². The summed E-state index contributed by atoms with van der Waals surface area (Å²) in [5, 5.41) is 18.0. The molecule has 0 unspecified atom stereocenters. The zero-order chi connectivity index (χ0) is 21.1. The summed E-state index contributed by atoms with van der Waals surface area (Å²) in [6.45, 7) is 0. The van der Waals surface area contributed by atoms with E-state index in [9.17, 15) is 14.4 Å². The van der Waals surface area contributed by atoms with Crippen LogP contribution in [0, 0.1) is 0 Å². The number of carbonyl (C=O) groups excluding carboxylic acids is 2. The van der Waals surface area contributed by atoms with E-state index in [0.717, 1.165) is 11.6 Å². The highest BCUT2D eigenvalue weighted by atomic mass is 32.1. The molecule has 1 atom stereocenters. The molecule has 0 aliphatic rings. The molecule has 0 fully saturated rings. The van der Waals surface area contributed by atoms with Crippen LogP contribution in [0.25, 0.3) is 11.0 Å². The number of nitrogens with one attached hydrogen (secondary N) is 1.